The maximum Gasteiger partial charge on any atom is 0.328 e. The number of rotatable bonds is 5. The molecule has 1 aromatic rings. The average molecular weight is 308 g/mol. The molecule has 1 saturated heterocycles. The van der Waals surface area contributed by atoms with Crippen LogP contribution >= 0.6 is 11.3 Å². The maximum absolute atomic E-state index is 12.4. The number of aliphatic carboxylic acids is 1. The molecule has 1 aromatic heterocycles. The van der Waals surface area contributed by atoms with Gasteiger partial charge in [0, 0.05) is 36.0 Å². The summed E-state index contributed by atoms with van der Waals surface area (Å²) in [6.45, 7) is 1.82. The van der Waals surface area contributed by atoms with Crippen LogP contribution in [-0.4, -0.2) is 60.0 Å². The van der Waals surface area contributed by atoms with Crippen molar-refractivity contribution in [1.82, 2.24) is 9.80 Å². The van der Waals surface area contributed by atoms with Crippen molar-refractivity contribution in [3.63, 3.8) is 0 Å². The molecule has 114 valence electrons. The third-order valence-corrected chi connectivity index (χ3v) is 4.66. The Bertz CT molecular complexity index is 553. The Morgan fingerprint density at radius 3 is 2.95 bits per heavy atom. The van der Waals surface area contributed by atoms with Gasteiger partial charge in [0.15, 0.2) is 0 Å². The largest absolute Gasteiger partial charge is 0.478 e. The average Bonchev–Trinajstić information content (AvgIpc) is 3.05. The zero-order valence-corrected chi connectivity index (χ0v) is 13.1. The summed E-state index contributed by atoms with van der Waals surface area (Å²) in [5.41, 5.74) is 0.619. The van der Waals surface area contributed by atoms with Gasteiger partial charge < -0.3 is 14.9 Å². The zero-order chi connectivity index (χ0) is 15.4. The van der Waals surface area contributed by atoms with Gasteiger partial charge in [-0.15, -0.1) is 11.3 Å². The van der Waals surface area contributed by atoms with E-state index in [4.69, 9.17) is 5.11 Å². The summed E-state index contributed by atoms with van der Waals surface area (Å²) in [7, 11) is 3.91. The predicted molar refractivity (Wildman–Crippen MR) is 83.6 cm³/mol. The van der Waals surface area contributed by atoms with Gasteiger partial charge >= 0.3 is 5.97 Å². The normalized spacial score (nSPS) is 19.2. The number of carboxylic acid groups (broad SMARTS) is 1. The highest BCUT2D eigenvalue weighted by Gasteiger charge is 2.24. The molecule has 21 heavy (non-hydrogen) atoms. The van der Waals surface area contributed by atoms with Gasteiger partial charge in [0.05, 0.1) is 5.56 Å². The van der Waals surface area contributed by atoms with Crippen molar-refractivity contribution >= 4 is 29.3 Å². The number of likely N-dealkylation sites (tertiary alicyclic amines) is 1. The first kappa shape index (κ1) is 15.7. The monoisotopic (exact) mass is 308 g/mol. The van der Waals surface area contributed by atoms with Crippen LogP contribution in [0.3, 0.4) is 0 Å². The molecular formula is C15H20N2O3S. The standard InChI is InChI=1S/C15H20N2O3S/c1-16-7-3-4-12(16)9-17(2)15(20)11-8-13(21-10-11)5-6-14(18)19/h5-6,8,10,12H,3-4,7,9H2,1-2H3,(H,18,19). The van der Waals surface area contributed by atoms with Crippen LogP contribution in [0, 0.1) is 0 Å². The molecule has 1 atom stereocenters. The molecule has 2 heterocycles. The Balaban J connectivity index is 1.97. The summed E-state index contributed by atoms with van der Waals surface area (Å²) < 4.78 is 0. The summed E-state index contributed by atoms with van der Waals surface area (Å²) in [5.74, 6) is -1.00. The van der Waals surface area contributed by atoms with Crippen molar-refractivity contribution in [3.8, 4) is 0 Å². The van der Waals surface area contributed by atoms with Crippen molar-refractivity contribution in [2.45, 2.75) is 18.9 Å². The second kappa shape index (κ2) is 6.87. The number of amides is 1. The summed E-state index contributed by atoms with van der Waals surface area (Å²) in [6, 6.07) is 2.17. The summed E-state index contributed by atoms with van der Waals surface area (Å²) in [4.78, 5) is 27.7. The quantitative estimate of drug-likeness (QED) is 0.845. The highest BCUT2D eigenvalue weighted by Crippen LogP contribution is 2.20. The number of carboxylic acids is 1. The first-order valence-corrected chi connectivity index (χ1v) is 7.80. The number of carbonyl (C=O) groups is 2. The Hall–Kier alpha value is -1.66. The summed E-state index contributed by atoms with van der Waals surface area (Å²) >= 11 is 1.37. The molecule has 0 bridgehead atoms. The fraction of sp³-hybridized carbons (Fsp3) is 0.467. The lowest BCUT2D eigenvalue weighted by molar-refractivity contribution is -0.131. The van der Waals surface area contributed by atoms with Crippen LogP contribution in [0.4, 0.5) is 0 Å². The molecule has 1 aliphatic rings. The zero-order valence-electron chi connectivity index (χ0n) is 12.3. The highest BCUT2D eigenvalue weighted by atomic mass is 32.1. The van der Waals surface area contributed by atoms with Gasteiger partial charge in [-0.1, -0.05) is 0 Å². The van der Waals surface area contributed by atoms with Gasteiger partial charge in [-0.05, 0) is 38.6 Å². The van der Waals surface area contributed by atoms with Gasteiger partial charge in [0.2, 0.25) is 0 Å². The van der Waals surface area contributed by atoms with Crippen LogP contribution in [-0.2, 0) is 4.79 Å². The fourth-order valence-electron chi connectivity index (χ4n) is 2.54. The minimum absolute atomic E-state index is 0.0125. The van der Waals surface area contributed by atoms with Crippen molar-refractivity contribution in [2.24, 2.45) is 0 Å². The Labute approximate surface area is 128 Å². The number of carbonyl (C=O) groups excluding carboxylic acids is 1. The van der Waals surface area contributed by atoms with Crippen LogP contribution in [0.5, 0.6) is 0 Å². The van der Waals surface area contributed by atoms with E-state index in [0.29, 0.717) is 11.6 Å². The number of thiophene rings is 1. The highest BCUT2D eigenvalue weighted by molar-refractivity contribution is 7.11. The predicted octanol–water partition coefficient (Wildman–Crippen LogP) is 2.01. The minimum atomic E-state index is -0.988. The van der Waals surface area contributed by atoms with Crippen molar-refractivity contribution in [3.05, 3.63) is 28.0 Å². The molecule has 0 saturated carbocycles. The van der Waals surface area contributed by atoms with Crippen LogP contribution in [0.15, 0.2) is 17.5 Å². The van der Waals surface area contributed by atoms with E-state index in [1.165, 1.54) is 23.8 Å². The second-order valence-electron chi connectivity index (χ2n) is 5.37. The number of hydrogen-bond donors (Lipinski definition) is 1. The lowest BCUT2D eigenvalue weighted by Crippen LogP contribution is -2.39. The van der Waals surface area contributed by atoms with Crippen LogP contribution in [0.2, 0.25) is 0 Å². The molecule has 1 N–H and O–H groups in total. The summed E-state index contributed by atoms with van der Waals surface area (Å²) in [6.07, 6.45) is 4.90. The van der Waals surface area contributed by atoms with Gasteiger partial charge in [0.25, 0.3) is 5.91 Å². The van der Waals surface area contributed by atoms with Gasteiger partial charge in [-0.25, -0.2) is 4.79 Å². The topological polar surface area (TPSA) is 60.9 Å². The van der Waals surface area contributed by atoms with E-state index < -0.39 is 5.97 Å². The molecule has 0 aromatic carbocycles. The van der Waals surface area contributed by atoms with E-state index >= 15 is 0 Å². The third kappa shape index (κ3) is 4.15. The Morgan fingerprint density at radius 1 is 1.57 bits per heavy atom. The number of likely N-dealkylation sites (N-methyl/N-ethyl adjacent to an activating group) is 2. The molecular weight excluding hydrogens is 288 g/mol. The first-order valence-electron chi connectivity index (χ1n) is 6.92. The smallest absolute Gasteiger partial charge is 0.328 e. The molecule has 1 fully saturated rings. The molecule has 0 spiro atoms. The van der Waals surface area contributed by atoms with E-state index in [-0.39, 0.29) is 5.91 Å². The number of nitrogens with zero attached hydrogens (tertiary/aromatic N) is 2. The molecule has 0 aliphatic carbocycles. The van der Waals surface area contributed by atoms with Crippen LogP contribution in [0.25, 0.3) is 6.08 Å². The molecule has 1 amide bonds. The van der Waals surface area contributed by atoms with Gasteiger partial charge in [0.1, 0.15) is 0 Å². The molecule has 5 nitrogen and oxygen atoms in total. The lowest BCUT2D eigenvalue weighted by atomic mass is 10.2. The number of hydrogen-bond acceptors (Lipinski definition) is 4. The molecule has 0 radical (unpaired) electrons. The fourth-order valence-corrected chi connectivity index (χ4v) is 3.31. The van der Waals surface area contributed by atoms with E-state index in [0.717, 1.165) is 30.5 Å². The van der Waals surface area contributed by atoms with E-state index in [1.807, 2.05) is 7.05 Å². The van der Waals surface area contributed by atoms with Gasteiger partial charge in [-0.2, -0.15) is 0 Å². The molecule has 1 unspecified atom stereocenters. The van der Waals surface area contributed by atoms with Gasteiger partial charge in [-0.3, -0.25) is 4.79 Å². The molecule has 2 rings (SSSR count). The third-order valence-electron chi connectivity index (χ3n) is 3.76. The maximum atomic E-state index is 12.4. The van der Waals surface area contributed by atoms with E-state index in [2.05, 4.69) is 11.9 Å². The van der Waals surface area contributed by atoms with Crippen LogP contribution < -0.4 is 0 Å². The second-order valence-corrected chi connectivity index (χ2v) is 6.31. The lowest BCUT2D eigenvalue weighted by Gasteiger charge is -2.25. The minimum Gasteiger partial charge on any atom is -0.478 e. The molecule has 6 heteroatoms. The van der Waals surface area contributed by atoms with Crippen molar-refractivity contribution < 1.29 is 14.7 Å². The molecule has 1 aliphatic heterocycles. The van der Waals surface area contributed by atoms with Crippen LogP contribution in [0.1, 0.15) is 28.1 Å². The first-order chi connectivity index (χ1) is 9.97. The van der Waals surface area contributed by atoms with Crippen molar-refractivity contribution in [1.29, 1.82) is 0 Å². The van der Waals surface area contributed by atoms with E-state index in [1.54, 1.807) is 16.3 Å². The van der Waals surface area contributed by atoms with Crippen molar-refractivity contribution in [2.75, 3.05) is 27.2 Å². The van der Waals surface area contributed by atoms with E-state index in [9.17, 15) is 9.59 Å². The SMILES string of the molecule is CN(CC1CCCN1C)C(=O)c1csc(C=CC(=O)O)c1. The summed E-state index contributed by atoms with van der Waals surface area (Å²) in [5, 5.41) is 10.4. The Morgan fingerprint density at radius 2 is 2.33 bits per heavy atom. The Kier molecular flexibility index (Phi) is 5.14.